The molecule has 1 amide bonds. The van der Waals surface area contributed by atoms with Gasteiger partial charge in [-0.15, -0.1) is 0 Å². The SMILES string of the molecule is Cn1cc(-c2cc(-n3c(=O)n(CC4CCC(NC(=O)c5cc(Cl)cnc5C(F)F)CC4)c4ccccc43)ccn2)cn1. The number of halogens is 3. The van der Waals surface area contributed by atoms with Crippen LogP contribution < -0.4 is 11.0 Å². The molecule has 0 atom stereocenters. The minimum Gasteiger partial charge on any atom is -0.349 e. The van der Waals surface area contributed by atoms with Crippen molar-refractivity contribution in [1.82, 2.24) is 34.2 Å². The molecule has 1 fully saturated rings. The summed E-state index contributed by atoms with van der Waals surface area (Å²) in [5, 5.41) is 7.22. The van der Waals surface area contributed by atoms with E-state index in [1.807, 2.05) is 54.2 Å². The first-order valence-electron chi connectivity index (χ1n) is 13.7. The quantitative estimate of drug-likeness (QED) is 0.267. The second kappa shape index (κ2) is 11.5. The molecular weight excluding hydrogens is 564 g/mol. The van der Waals surface area contributed by atoms with Crippen LogP contribution >= 0.6 is 11.6 Å². The number of hydrogen-bond acceptors (Lipinski definition) is 5. The van der Waals surface area contributed by atoms with Gasteiger partial charge in [0.05, 0.1) is 39.2 Å². The van der Waals surface area contributed by atoms with E-state index in [4.69, 9.17) is 11.6 Å². The fourth-order valence-electron chi connectivity index (χ4n) is 5.72. The Balaban J connectivity index is 1.19. The van der Waals surface area contributed by atoms with Gasteiger partial charge in [0.2, 0.25) is 0 Å². The number of nitrogens with zero attached hydrogens (tertiary/aromatic N) is 6. The van der Waals surface area contributed by atoms with Crippen LogP contribution in [0.1, 0.15) is 48.2 Å². The fourth-order valence-corrected chi connectivity index (χ4v) is 5.88. The molecule has 9 nitrogen and oxygen atoms in total. The predicted octanol–water partition coefficient (Wildman–Crippen LogP) is 5.56. The Morgan fingerprint density at radius 1 is 1.07 bits per heavy atom. The summed E-state index contributed by atoms with van der Waals surface area (Å²) < 4.78 is 32.0. The van der Waals surface area contributed by atoms with Crippen molar-refractivity contribution in [3.8, 4) is 16.9 Å². The highest BCUT2D eigenvalue weighted by Crippen LogP contribution is 2.29. The third kappa shape index (κ3) is 5.44. The van der Waals surface area contributed by atoms with Crippen LogP contribution in [0.4, 0.5) is 8.78 Å². The maximum Gasteiger partial charge on any atom is 0.333 e. The Labute approximate surface area is 244 Å². The van der Waals surface area contributed by atoms with Gasteiger partial charge in [-0.05, 0) is 61.9 Å². The maximum atomic E-state index is 13.8. The third-order valence-corrected chi connectivity index (χ3v) is 8.00. The molecule has 0 bridgehead atoms. The van der Waals surface area contributed by atoms with Crippen molar-refractivity contribution in [2.24, 2.45) is 13.0 Å². The number of pyridine rings is 2. The number of amides is 1. The van der Waals surface area contributed by atoms with Crippen molar-refractivity contribution in [3.05, 3.63) is 94.0 Å². The van der Waals surface area contributed by atoms with Gasteiger partial charge in [-0.1, -0.05) is 23.7 Å². The van der Waals surface area contributed by atoms with E-state index >= 15 is 0 Å². The topological polar surface area (TPSA) is 99.6 Å². The van der Waals surface area contributed by atoms with E-state index in [0.717, 1.165) is 41.3 Å². The Morgan fingerprint density at radius 2 is 1.83 bits per heavy atom. The van der Waals surface area contributed by atoms with Gasteiger partial charge in [-0.3, -0.25) is 28.6 Å². The van der Waals surface area contributed by atoms with Gasteiger partial charge >= 0.3 is 5.69 Å². The van der Waals surface area contributed by atoms with Crippen LogP contribution in [0, 0.1) is 5.92 Å². The van der Waals surface area contributed by atoms with Crippen LogP contribution in [0.25, 0.3) is 28.0 Å². The summed E-state index contributed by atoms with van der Waals surface area (Å²) in [5.74, 6) is -0.394. The summed E-state index contributed by atoms with van der Waals surface area (Å²) >= 11 is 5.91. The summed E-state index contributed by atoms with van der Waals surface area (Å²) in [6, 6.07) is 12.5. The number of alkyl halides is 2. The Hall–Kier alpha value is -4.38. The molecule has 1 aromatic carbocycles. The van der Waals surface area contributed by atoms with E-state index in [1.165, 1.54) is 6.07 Å². The van der Waals surface area contributed by atoms with Gasteiger partial charge < -0.3 is 5.32 Å². The lowest BCUT2D eigenvalue weighted by Crippen LogP contribution is -2.39. The molecule has 42 heavy (non-hydrogen) atoms. The van der Waals surface area contributed by atoms with E-state index in [0.29, 0.717) is 25.1 Å². The molecule has 12 heteroatoms. The smallest absolute Gasteiger partial charge is 0.333 e. The lowest BCUT2D eigenvalue weighted by molar-refractivity contribution is 0.0904. The highest BCUT2D eigenvalue weighted by Gasteiger charge is 2.27. The molecule has 0 saturated heterocycles. The molecule has 0 unspecified atom stereocenters. The van der Waals surface area contributed by atoms with Crippen LogP contribution in [-0.4, -0.2) is 40.8 Å². The Bertz CT molecular complexity index is 1820. The molecule has 4 heterocycles. The number of aryl methyl sites for hydroxylation is 1. The van der Waals surface area contributed by atoms with Crippen LogP contribution in [0.5, 0.6) is 0 Å². The molecule has 216 valence electrons. The van der Waals surface area contributed by atoms with Crippen molar-refractivity contribution in [1.29, 1.82) is 0 Å². The summed E-state index contributed by atoms with van der Waals surface area (Å²) in [4.78, 5) is 34.8. The minimum atomic E-state index is -2.88. The van der Waals surface area contributed by atoms with Crippen LogP contribution in [0.3, 0.4) is 0 Å². The average Bonchev–Trinajstić information content (AvgIpc) is 3.54. The molecule has 1 aliphatic carbocycles. The zero-order valence-corrected chi connectivity index (χ0v) is 23.5. The van der Waals surface area contributed by atoms with Crippen LogP contribution in [0.2, 0.25) is 5.02 Å². The molecule has 0 spiro atoms. The van der Waals surface area contributed by atoms with Gasteiger partial charge in [0, 0.05) is 43.8 Å². The summed E-state index contributed by atoms with van der Waals surface area (Å²) in [7, 11) is 1.84. The van der Waals surface area contributed by atoms with E-state index < -0.39 is 18.0 Å². The number of imidazole rings is 1. The molecular formula is C30H28ClF2N7O2. The molecule has 1 aliphatic rings. The van der Waals surface area contributed by atoms with Crippen molar-refractivity contribution < 1.29 is 13.6 Å². The van der Waals surface area contributed by atoms with Gasteiger partial charge in [-0.2, -0.15) is 5.10 Å². The fraction of sp³-hybridized carbons (Fsp3) is 0.300. The second-order valence-corrected chi connectivity index (χ2v) is 11.0. The van der Waals surface area contributed by atoms with E-state index in [-0.39, 0.29) is 28.2 Å². The second-order valence-electron chi connectivity index (χ2n) is 10.6. The van der Waals surface area contributed by atoms with Crippen molar-refractivity contribution in [2.45, 2.75) is 44.7 Å². The monoisotopic (exact) mass is 591 g/mol. The van der Waals surface area contributed by atoms with E-state index in [9.17, 15) is 18.4 Å². The molecule has 1 N–H and O–H groups in total. The van der Waals surface area contributed by atoms with E-state index in [2.05, 4.69) is 20.4 Å². The number of para-hydroxylation sites is 2. The summed E-state index contributed by atoms with van der Waals surface area (Å²) in [6.45, 7) is 0.529. The Kier molecular flexibility index (Phi) is 7.59. The van der Waals surface area contributed by atoms with E-state index in [1.54, 1.807) is 21.6 Å². The Morgan fingerprint density at radius 3 is 2.55 bits per heavy atom. The maximum absolute atomic E-state index is 13.8. The normalized spacial score (nSPS) is 17.2. The van der Waals surface area contributed by atoms with Crippen molar-refractivity contribution >= 4 is 28.5 Å². The first kappa shape index (κ1) is 27.8. The average molecular weight is 592 g/mol. The number of fused-ring (bicyclic) bond motifs is 1. The van der Waals surface area contributed by atoms with Crippen LogP contribution in [-0.2, 0) is 13.6 Å². The standard InChI is InChI=1S/C30H28ClF2N7O2/c1-38-17-19(14-36-38)24-13-22(10-11-34-24)40-26-5-3-2-4-25(26)39(30(40)42)16-18-6-8-21(9-7-18)37-29(41)23-12-20(31)15-35-27(23)28(32)33/h2-5,10-15,17-18,21,28H,6-9,16H2,1H3,(H,37,41). The largest absolute Gasteiger partial charge is 0.349 e. The highest BCUT2D eigenvalue weighted by atomic mass is 35.5. The van der Waals surface area contributed by atoms with Crippen LogP contribution in [0.15, 0.2) is 72.0 Å². The number of benzene rings is 1. The summed E-state index contributed by atoms with van der Waals surface area (Å²) in [6.07, 6.45) is 6.41. The number of nitrogens with one attached hydrogen (secondary N) is 1. The third-order valence-electron chi connectivity index (χ3n) is 7.80. The number of carbonyl (C=O) groups is 1. The molecule has 4 aromatic heterocycles. The molecule has 6 rings (SSSR count). The molecule has 0 radical (unpaired) electrons. The zero-order chi connectivity index (χ0) is 29.4. The number of rotatable bonds is 7. The van der Waals surface area contributed by atoms with Crippen molar-refractivity contribution in [3.63, 3.8) is 0 Å². The molecule has 0 aliphatic heterocycles. The van der Waals surface area contributed by atoms with Gasteiger partial charge in [0.1, 0.15) is 5.69 Å². The summed E-state index contributed by atoms with van der Waals surface area (Å²) in [5.41, 5.74) is 3.01. The van der Waals surface area contributed by atoms with Crippen molar-refractivity contribution in [2.75, 3.05) is 0 Å². The molecule has 1 saturated carbocycles. The number of aromatic nitrogens is 6. The van der Waals surface area contributed by atoms with Gasteiger partial charge in [0.25, 0.3) is 12.3 Å². The number of hydrogen-bond donors (Lipinski definition) is 1. The first-order valence-corrected chi connectivity index (χ1v) is 14.1. The highest BCUT2D eigenvalue weighted by molar-refractivity contribution is 6.30. The lowest BCUT2D eigenvalue weighted by atomic mass is 9.85. The predicted molar refractivity (Wildman–Crippen MR) is 155 cm³/mol. The molecule has 5 aromatic rings. The zero-order valence-electron chi connectivity index (χ0n) is 22.8. The minimum absolute atomic E-state index is 0.123. The lowest BCUT2D eigenvalue weighted by Gasteiger charge is -2.29. The van der Waals surface area contributed by atoms with Gasteiger partial charge in [-0.25, -0.2) is 13.6 Å². The first-order chi connectivity index (χ1) is 20.3. The number of carbonyl (C=O) groups excluding carboxylic acids is 1. The van der Waals surface area contributed by atoms with Gasteiger partial charge in [0.15, 0.2) is 0 Å².